The third-order valence-electron chi connectivity index (χ3n) is 3.77. The van der Waals surface area contributed by atoms with Crippen molar-refractivity contribution in [3.63, 3.8) is 0 Å². The number of hydrogen-bond donors (Lipinski definition) is 2. The smallest absolute Gasteiger partial charge is 0.324 e. The average Bonchev–Trinajstić information content (AvgIpc) is 2.68. The van der Waals surface area contributed by atoms with Gasteiger partial charge in [-0.15, -0.1) is 0 Å². The standard InChI is InChI=1S/C11H19NO4S/c13-10(14)11(12-9-4-1-2-5-9)6-3-7-17(15,16)8-11/h9,12H,1-8H2,(H,13,14). The highest BCUT2D eigenvalue weighted by Crippen LogP contribution is 2.27. The van der Waals surface area contributed by atoms with Crippen LogP contribution in [0.4, 0.5) is 0 Å². The molecule has 2 fully saturated rings. The minimum atomic E-state index is -3.22. The van der Waals surface area contributed by atoms with Crippen LogP contribution in [-0.2, 0) is 14.6 Å². The molecule has 1 atom stereocenters. The third-order valence-corrected chi connectivity index (χ3v) is 5.61. The molecule has 1 saturated heterocycles. The molecule has 1 aliphatic carbocycles. The maximum atomic E-state index is 11.6. The van der Waals surface area contributed by atoms with Crippen LogP contribution in [0, 0.1) is 0 Å². The van der Waals surface area contributed by atoms with Crippen LogP contribution < -0.4 is 5.32 Å². The Bertz CT molecular complexity index is 400. The van der Waals surface area contributed by atoms with Crippen molar-refractivity contribution in [2.24, 2.45) is 0 Å². The lowest BCUT2D eigenvalue weighted by molar-refractivity contribution is -0.144. The quantitative estimate of drug-likeness (QED) is 0.775. The number of aliphatic carboxylic acids is 1. The molecule has 0 aromatic carbocycles. The van der Waals surface area contributed by atoms with Crippen molar-refractivity contribution in [2.45, 2.75) is 50.1 Å². The van der Waals surface area contributed by atoms with Gasteiger partial charge in [0.1, 0.15) is 5.54 Å². The van der Waals surface area contributed by atoms with Gasteiger partial charge in [-0.2, -0.15) is 0 Å². The van der Waals surface area contributed by atoms with Crippen LogP contribution in [0.5, 0.6) is 0 Å². The Morgan fingerprint density at radius 3 is 2.41 bits per heavy atom. The van der Waals surface area contributed by atoms with Crippen LogP contribution in [-0.4, -0.2) is 42.6 Å². The lowest BCUT2D eigenvalue weighted by Gasteiger charge is -2.36. The second kappa shape index (κ2) is 4.57. The number of nitrogens with one attached hydrogen (secondary N) is 1. The van der Waals surface area contributed by atoms with E-state index in [4.69, 9.17) is 0 Å². The van der Waals surface area contributed by atoms with Crippen molar-refractivity contribution in [3.05, 3.63) is 0 Å². The van der Waals surface area contributed by atoms with E-state index in [9.17, 15) is 18.3 Å². The van der Waals surface area contributed by atoms with E-state index in [1.807, 2.05) is 0 Å². The van der Waals surface area contributed by atoms with Crippen molar-refractivity contribution in [2.75, 3.05) is 11.5 Å². The average molecular weight is 261 g/mol. The van der Waals surface area contributed by atoms with Crippen LogP contribution in [0.2, 0.25) is 0 Å². The Labute approximate surface area is 102 Å². The van der Waals surface area contributed by atoms with Crippen LogP contribution >= 0.6 is 0 Å². The fraction of sp³-hybridized carbons (Fsp3) is 0.909. The minimum absolute atomic E-state index is 0.119. The first-order chi connectivity index (χ1) is 7.94. The summed E-state index contributed by atoms with van der Waals surface area (Å²) in [6.45, 7) is 0. The van der Waals surface area contributed by atoms with Crippen LogP contribution in [0.3, 0.4) is 0 Å². The van der Waals surface area contributed by atoms with Crippen molar-refractivity contribution in [1.29, 1.82) is 0 Å². The van der Waals surface area contributed by atoms with Crippen molar-refractivity contribution < 1.29 is 18.3 Å². The van der Waals surface area contributed by atoms with Gasteiger partial charge in [0, 0.05) is 6.04 Å². The molecule has 2 aliphatic rings. The third kappa shape index (κ3) is 2.80. The fourth-order valence-electron chi connectivity index (χ4n) is 2.92. The van der Waals surface area contributed by atoms with E-state index >= 15 is 0 Å². The van der Waals surface area contributed by atoms with Gasteiger partial charge in [-0.25, -0.2) is 8.42 Å². The van der Waals surface area contributed by atoms with Gasteiger partial charge in [-0.1, -0.05) is 12.8 Å². The highest BCUT2D eigenvalue weighted by molar-refractivity contribution is 7.91. The topological polar surface area (TPSA) is 83.5 Å². The summed E-state index contributed by atoms with van der Waals surface area (Å²) in [7, 11) is -3.22. The summed E-state index contributed by atoms with van der Waals surface area (Å²) in [4.78, 5) is 11.4. The Balaban J connectivity index is 2.16. The molecule has 0 spiro atoms. The number of hydrogen-bond acceptors (Lipinski definition) is 4. The van der Waals surface area contributed by atoms with Crippen LogP contribution in [0.15, 0.2) is 0 Å². The molecule has 17 heavy (non-hydrogen) atoms. The number of sulfone groups is 1. The molecule has 98 valence electrons. The number of carboxylic acids is 1. The molecule has 5 nitrogen and oxygen atoms in total. The monoisotopic (exact) mass is 261 g/mol. The van der Waals surface area contributed by atoms with E-state index in [1.165, 1.54) is 0 Å². The van der Waals surface area contributed by atoms with E-state index in [-0.39, 0.29) is 17.5 Å². The lowest BCUT2D eigenvalue weighted by Crippen LogP contribution is -2.61. The maximum absolute atomic E-state index is 11.6. The molecule has 0 amide bonds. The zero-order valence-electron chi connectivity index (χ0n) is 9.81. The van der Waals surface area contributed by atoms with E-state index in [0.717, 1.165) is 25.7 Å². The Hall–Kier alpha value is -0.620. The van der Waals surface area contributed by atoms with Crippen LogP contribution in [0.25, 0.3) is 0 Å². The number of rotatable bonds is 3. The molecular formula is C11H19NO4S. The second-order valence-corrected chi connectivity index (χ2v) is 7.39. The summed E-state index contributed by atoms with van der Waals surface area (Å²) in [5.74, 6) is -1.16. The Morgan fingerprint density at radius 1 is 1.24 bits per heavy atom. The molecule has 0 aromatic rings. The molecule has 0 bridgehead atoms. The number of carboxylic acid groups (broad SMARTS) is 1. The summed E-state index contributed by atoms with van der Waals surface area (Å²) < 4.78 is 23.3. The molecule has 1 saturated carbocycles. The normalized spacial score (nSPS) is 33.6. The molecule has 0 aromatic heterocycles. The van der Waals surface area contributed by atoms with E-state index in [1.54, 1.807) is 0 Å². The highest BCUT2D eigenvalue weighted by Gasteiger charge is 2.46. The summed E-state index contributed by atoms with van der Waals surface area (Å²) >= 11 is 0. The van der Waals surface area contributed by atoms with Gasteiger partial charge in [0.2, 0.25) is 0 Å². The molecule has 1 heterocycles. The van der Waals surface area contributed by atoms with Gasteiger partial charge in [0.25, 0.3) is 0 Å². The molecule has 0 radical (unpaired) electrons. The van der Waals surface area contributed by atoms with Gasteiger partial charge in [-0.05, 0) is 25.7 Å². The van der Waals surface area contributed by atoms with Gasteiger partial charge in [0.15, 0.2) is 9.84 Å². The second-order valence-electron chi connectivity index (χ2n) is 5.21. The predicted octanol–water partition coefficient (Wildman–Crippen LogP) is 0.551. The summed E-state index contributed by atoms with van der Waals surface area (Å²) in [5.41, 5.74) is -1.24. The SMILES string of the molecule is O=C(O)C1(NC2CCCC2)CCCS(=O)(=O)C1. The molecule has 6 heteroatoms. The summed E-state index contributed by atoms with van der Waals surface area (Å²) in [6.07, 6.45) is 4.96. The first kappa shape index (κ1) is 12.8. The summed E-state index contributed by atoms with van der Waals surface area (Å²) in [5, 5.41) is 12.5. The molecular weight excluding hydrogens is 242 g/mol. The molecule has 1 aliphatic heterocycles. The van der Waals surface area contributed by atoms with E-state index in [0.29, 0.717) is 12.8 Å². The number of carbonyl (C=O) groups is 1. The Morgan fingerprint density at radius 2 is 1.88 bits per heavy atom. The summed E-state index contributed by atoms with van der Waals surface area (Å²) in [6, 6.07) is 0.166. The van der Waals surface area contributed by atoms with Crippen LogP contribution in [0.1, 0.15) is 38.5 Å². The van der Waals surface area contributed by atoms with Crippen molar-refractivity contribution >= 4 is 15.8 Å². The molecule has 2 rings (SSSR count). The maximum Gasteiger partial charge on any atom is 0.324 e. The van der Waals surface area contributed by atoms with Gasteiger partial charge < -0.3 is 5.11 Å². The van der Waals surface area contributed by atoms with Gasteiger partial charge in [-0.3, -0.25) is 10.1 Å². The van der Waals surface area contributed by atoms with E-state index in [2.05, 4.69) is 5.32 Å². The lowest BCUT2D eigenvalue weighted by atomic mass is 9.94. The molecule has 1 unspecified atom stereocenters. The first-order valence-electron chi connectivity index (χ1n) is 6.15. The minimum Gasteiger partial charge on any atom is -0.480 e. The zero-order valence-corrected chi connectivity index (χ0v) is 10.6. The van der Waals surface area contributed by atoms with Gasteiger partial charge in [0.05, 0.1) is 11.5 Å². The van der Waals surface area contributed by atoms with Gasteiger partial charge >= 0.3 is 5.97 Å². The highest BCUT2D eigenvalue weighted by atomic mass is 32.2. The largest absolute Gasteiger partial charge is 0.480 e. The molecule has 2 N–H and O–H groups in total. The zero-order chi connectivity index (χ0) is 12.5. The fourth-order valence-corrected chi connectivity index (χ4v) is 4.75. The van der Waals surface area contributed by atoms with Crippen molar-refractivity contribution in [1.82, 2.24) is 5.32 Å². The predicted molar refractivity (Wildman–Crippen MR) is 63.6 cm³/mol. The first-order valence-corrected chi connectivity index (χ1v) is 7.97. The van der Waals surface area contributed by atoms with Crippen molar-refractivity contribution in [3.8, 4) is 0 Å². The Kier molecular flexibility index (Phi) is 3.45. The van der Waals surface area contributed by atoms with E-state index < -0.39 is 21.3 Å².